The molecule has 4 aromatic carbocycles. The summed E-state index contributed by atoms with van der Waals surface area (Å²) < 4.78 is 13.6. The van der Waals surface area contributed by atoms with Gasteiger partial charge in [0.25, 0.3) is 5.91 Å². The van der Waals surface area contributed by atoms with Crippen molar-refractivity contribution in [2.45, 2.75) is 0 Å². The zero-order valence-corrected chi connectivity index (χ0v) is 21.9. The molecule has 5 rings (SSSR count). The molecule has 0 radical (unpaired) electrons. The Hall–Kier alpha value is -4.69. The lowest BCUT2D eigenvalue weighted by Gasteiger charge is -2.13. The monoisotopic (exact) mass is 567 g/mol. The second-order valence-electron chi connectivity index (χ2n) is 8.26. The van der Waals surface area contributed by atoms with Crippen LogP contribution in [0.4, 0.5) is 0 Å². The summed E-state index contributed by atoms with van der Waals surface area (Å²) in [5, 5.41) is 5.85. The van der Waals surface area contributed by atoms with Gasteiger partial charge >= 0.3 is 5.97 Å². The number of para-hydroxylation sites is 1. The lowest BCUT2D eigenvalue weighted by atomic mass is 10.0. The molecule has 0 aliphatic heterocycles. The number of aromatic nitrogens is 1. The minimum absolute atomic E-state index is 0.243. The average Bonchev–Trinajstić information content (AvgIpc) is 3.49. The van der Waals surface area contributed by atoms with E-state index in [1.807, 2.05) is 77.6 Å². The van der Waals surface area contributed by atoms with Gasteiger partial charge in [-0.1, -0.05) is 48.5 Å². The van der Waals surface area contributed by atoms with E-state index in [-0.39, 0.29) is 11.7 Å². The van der Waals surface area contributed by atoms with Gasteiger partial charge in [-0.3, -0.25) is 4.79 Å². The molecule has 0 saturated carbocycles. The standard InChI is InChI=1S/C30H22BrN3O4/c1-37-27-18-20(19-32-33-29(35)24-12-4-5-14-26(24)34-15-6-7-16-34)17-25(31)28(27)38-30(36)23-13-8-10-21-9-2-3-11-22(21)23/h2-19H,1H3,(H,33,35)/b32-19-. The van der Waals surface area contributed by atoms with Crippen molar-refractivity contribution >= 4 is 44.8 Å². The molecule has 0 bridgehead atoms. The van der Waals surface area contributed by atoms with Gasteiger partial charge in [0.2, 0.25) is 0 Å². The van der Waals surface area contributed by atoms with E-state index in [0.717, 1.165) is 16.5 Å². The summed E-state index contributed by atoms with van der Waals surface area (Å²) in [4.78, 5) is 25.9. The summed E-state index contributed by atoms with van der Waals surface area (Å²) in [6, 6.07) is 27.5. The van der Waals surface area contributed by atoms with Crippen LogP contribution in [0, 0.1) is 0 Å². The third-order valence-electron chi connectivity index (χ3n) is 5.87. The number of hydrazone groups is 1. The van der Waals surface area contributed by atoms with Crippen LogP contribution in [0.15, 0.2) is 113 Å². The van der Waals surface area contributed by atoms with Crippen LogP contribution in [0.3, 0.4) is 0 Å². The number of benzene rings is 4. The fourth-order valence-electron chi connectivity index (χ4n) is 4.08. The van der Waals surface area contributed by atoms with Crippen LogP contribution in [-0.2, 0) is 0 Å². The molecule has 188 valence electrons. The SMILES string of the molecule is COc1cc(/C=N\NC(=O)c2ccccc2-n2cccc2)cc(Br)c1OC(=O)c1cccc2ccccc12. The van der Waals surface area contributed by atoms with Crippen molar-refractivity contribution < 1.29 is 19.1 Å². The number of methoxy groups -OCH3 is 1. The van der Waals surface area contributed by atoms with Crippen molar-refractivity contribution in [3.63, 3.8) is 0 Å². The number of halogens is 1. The number of hydrogen-bond acceptors (Lipinski definition) is 5. The highest BCUT2D eigenvalue weighted by atomic mass is 79.9. The van der Waals surface area contributed by atoms with Crippen molar-refractivity contribution in [1.82, 2.24) is 9.99 Å². The minimum Gasteiger partial charge on any atom is -0.493 e. The van der Waals surface area contributed by atoms with Gasteiger partial charge in [0.1, 0.15) is 0 Å². The summed E-state index contributed by atoms with van der Waals surface area (Å²) >= 11 is 3.47. The summed E-state index contributed by atoms with van der Waals surface area (Å²) in [5.74, 6) is -0.279. The van der Waals surface area contributed by atoms with E-state index in [1.54, 1.807) is 30.3 Å². The summed E-state index contributed by atoms with van der Waals surface area (Å²) in [6.07, 6.45) is 5.22. The van der Waals surface area contributed by atoms with Crippen LogP contribution in [0.5, 0.6) is 11.5 Å². The van der Waals surface area contributed by atoms with Gasteiger partial charge in [-0.25, -0.2) is 10.2 Å². The second-order valence-corrected chi connectivity index (χ2v) is 9.11. The first-order valence-electron chi connectivity index (χ1n) is 11.7. The summed E-state index contributed by atoms with van der Waals surface area (Å²) in [7, 11) is 1.48. The van der Waals surface area contributed by atoms with Gasteiger partial charge in [-0.05, 0) is 74.7 Å². The molecule has 1 amide bonds. The predicted molar refractivity (Wildman–Crippen MR) is 150 cm³/mol. The third kappa shape index (κ3) is 5.21. The molecule has 0 aliphatic carbocycles. The average molecular weight is 568 g/mol. The fourth-order valence-corrected chi connectivity index (χ4v) is 4.62. The highest BCUT2D eigenvalue weighted by molar-refractivity contribution is 9.10. The Bertz CT molecular complexity index is 1660. The number of rotatable bonds is 7. The Morgan fingerprint density at radius 3 is 2.42 bits per heavy atom. The number of hydrogen-bond donors (Lipinski definition) is 1. The van der Waals surface area contributed by atoms with Crippen molar-refractivity contribution in [1.29, 1.82) is 0 Å². The van der Waals surface area contributed by atoms with Gasteiger partial charge in [-0.2, -0.15) is 5.10 Å². The molecule has 0 spiro atoms. The molecule has 7 nitrogen and oxygen atoms in total. The predicted octanol–water partition coefficient (Wildman–Crippen LogP) is 6.38. The van der Waals surface area contributed by atoms with E-state index in [1.165, 1.54) is 13.3 Å². The van der Waals surface area contributed by atoms with Gasteiger partial charge in [0.15, 0.2) is 11.5 Å². The Balaban J connectivity index is 1.34. The second kappa shape index (κ2) is 11.1. The maximum atomic E-state index is 13.1. The zero-order chi connectivity index (χ0) is 26.5. The summed E-state index contributed by atoms with van der Waals surface area (Å²) in [5.41, 5.74) is 4.86. The maximum Gasteiger partial charge on any atom is 0.344 e. The minimum atomic E-state index is -0.504. The van der Waals surface area contributed by atoms with E-state index in [9.17, 15) is 9.59 Å². The van der Waals surface area contributed by atoms with Crippen molar-refractivity contribution in [3.8, 4) is 17.2 Å². The Labute approximate surface area is 227 Å². The molecule has 0 aliphatic rings. The molecule has 1 N–H and O–H groups in total. The molecular weight excluding hydrogens is 546 g/mol. The van der Waals surface area contributed by atoms with Crippen molar-refractivity contribution in [2.75, 3.05) is 7.11 Å². The molecule has 1 aromatic heterocycles. The first-order chi connectivity index (χ1) is 18.5. The Kier molecular flexibility index (Phi) is 7.33. The molecule has 0 unspecified atom stereocenters. The first kappa shape index (κ1) is 25.0. The van der Waals surface area contributed by atoms with E-state index in [0.29, 0.717) is 26.9 Å². The smallest absolute Gasteiger partial charge is 0.344 e. The van der Waals surface area contributed by atoms with E-state index < -0.39 is 5.97 Å². The number of esters is 1. The quantitative estimate of drug-likeness (QED) is 0.107. The zero-order valence-electron chi connectivity index (χ0n) is 20.3. The van der Waals surface area contributed by atoms with Crippen molar-refractivity contribution in [3.05, 3.63) is 125 Å². The van der Waals surface area contributed by atoms with E-state index >= 15 is 0 Å². The molecule has 0 atom stereocenters. The van der Waals surface area contributed by atoms with Gasteiger partial charge < -0.3 is 14.0 Å². The van der Waals surface area contributed by atoms with E-state index in [2.05, 4.69) is 26.5 Å². The number of amides is 1. The number of fused-ring (bicyclic) bond motifs is 1. The Morgan fingerprint density at radius 2 is 1.61 bits per heavy atom. The van der Waals surface area contributed by atoms with Crippen LogP contribution in [0.1, 0.15) is 26.3 Å². The van der Waals surface area contributed by atoms with Crippen LogP contribution >= 0.6 is 15.9 Å². The number of ether oxygens (including phenoxy) is 2. The molecule has 1 heterocycles. The highest BCUT2D eigenvalue weighted by Gasteiger charge is 2.18. The largest absolute Gasteiger partial charge is 0.493 e. The molecule has 8 heteroatoms. The molecule has 5 aromatic rings. The van der Waals surface area contributed by atoms with Gasteiger partial charge in [-0.15, -0.1) is 0 Å². The Morgan fingerprint density at radius 1 is 0.895 bits per heavy atom. The number of nitrogens with zero attached hydrogens (tertiary/aromatic N) is 2. The van der Waals surface area contributed by atoms with Crippen LogP contribution < -0.4 is 14.9 Å². The maximum absolute atomic E-state index is 13.1. The third-order valence-corrected chi connectivity index (χ3v) is 6.46. The number of nitrogens with one attached hydrogen (secondary N) is 1. The van der Waals surface area contributed by atoms with E-state index in [4.69, 9.17) is 9.47 Å². The first-order valence-corrected chi connectivity index (χ1v) is 12.5. The highest BCUT2D eigenvalue weighted by Crippen LogP contribution is 2.37. The van der Waals surface area contributed by atoms with Crippen LogP contribution in [0.2, 0.25) is 0 Å². The lowest BCUT2D eigenvalue weighted by Crippen LogP contribution is -2.19. The number of carbonyl (C=O) groups is 2. The van der Waals surface area contributed by atoms with Gasteiger partial charge in [0, 0.05) is 12.4 Å². The molecule has 0 saturated heterocycles. The topological polar surface area (TPSA) is 81.9 Å². The number of carbonyl (C=O) groups excluding carboxylic acids is 2. The fraction of sp³-hybridized carbons (Fsp3) is 0.0333. The molecule has 38 heavy (non-hydrogen) atoms. The molecule has 0 fully saturated rings. The van der Waals surface area contributed by atoms with Crippen LogP contribution in [0.25, 0.3) is 16.5 Å². The lowest BCUT2D eigenvalue weighted by molar-refractivity contribution is 0.0730. The summed E-state index contributed by atoms with van der Waals surface area (Å²) in [6.45, 7) is 0. The molecular formula is C30H22BrN3O4. The van der Waals surface area contributed by atoms with Gasteiger partial charge in [0.05, 0.1) is 34.6 Å². The van der Waals surface area contributed by atoms with Crippen LogP contribution in [-0.4, -0.2) is 29.8 Å². The van der Waals surface area contributed by atoms with Crippen molar-refractivity contribution in [2.24, 2.45) is 5.10 Å². The normalized spacial score (nSPS) is 11.0.